The summed E-state index contributed by atoms with van der Waals surface area (Å²) in [6.45, 7) is 7.29. The predicted molar refractivity (Wildman–Crippen MR) is 150 cm³/mol. The number of carbonyl (C=O) groups is 2. The minimum atomic E-state index is -1.02. The van der Waals surface area contributed by atoms with Crippen LogP contribution in [0.5, 0.6) is 5.75 Å². The van der Waals surface area contributed by atoms with Crippen LogP contribution in [0.3, 0.4) is 0 Å². The highest BCUT2D eigenvalue weighted by molar-refractivity contribution is 5.82. The Bertz CT molecular complexity index is 1020. The third kappa shape index (κ3) is 9.52. The number of aliphatic carboxylic acids is 1. The van der Waals surface area contributed by atoms with Crippen LogP contribution in [0, 0.1) is 0 Å². The number of carbonyl (C=O) groups excluding carboxylic acids is 1. The summed E-state index contributed by atoms with van der Waals surface area (Å²) in [6.07, 6.45) is 5.40. The van der Waals surface area contributed by atoms with Crippen molar-refractivity contribution in [3.8, 4) is 5.75 Å². The van der Waals surface area contributed by atoms with E-state index in [0.717, 1.165) is 62.5 Å². The molecule has 208 valence electrons. The molecule has 1 aromatic heterocycles. The number of nitrogens with zero attached hydrogens (tertiary/aromatic N) is 3. The van der Waals surface area contributed by atoms with Gasteiger partial charge in [-0.3, -0.25) is 4.90 Å². The first-order chi connectivity index (χ1) is 18.3. The van der Waals surface area contributed by atoms with Gasteiger partial charge < -0.3 is 25.4 Å². The van der Waals surface area contributed by atoms with Crippen LogP contribution in [0.4, 0.5) is 10.6 Å². The monoisotopic (exact) mass is 525 g/mol. The summed E-state index contributed by atoms with van der Waals surface area (Å²) >= 11 is 0. The first kappa shape index (κ1) is 29.2. The zero-order chi connectivity index (χ0) is 27.3. The fourth-order valence-corrected chi connectivity index (χ4v) is 4.35. The molecular weight excluding hydrogens is 482 g/mol. The lowest BCUT2D eigenvalue weighted by Gasteiger charge is -2.27. The molecule has 0 aliphatic carbocycles. The van der Waals surface area contributed by atoms with E-state index in [1.54, 1.807) is 7.05 Å². The molecule has 0 radical (unpaired) electrons. The second-order valence-electron chi connectivity index (χ2n) is 10.1. The zero-order valence-electron chi connectivity index (χ0n) is 23.0. The first-order valence-electron chi connectivity index (χ1n) is 13.7. The Morgan fingerprint density at radius 3 is 2.63 bits per heavy atom. The highest BCUT2D eigenvalue weighted by Crippen LogP contribution is 2.20. The molecule has 0 unspecified atom stereocenters. The SMILES string of the molecule is CC(C)N(C)C(=O)N[C@@H](CCN(CCCCc1ccc2c(n1)NCCC2)CCOc1ccccc1)C(=O)O. The summed E-state index contributed by atoms with van der Waals surface area (Å²) in [4.78, 5) is 32.8. The third-order valence-electron chi connectivity index (χ3n) is 6.95. The molecule has 38 heavy (non-hydrogen) atoms. The average Bonchev–Trinajstić information content (AvgIpc) is 2.92. The summed E-state index contributed by atoms with van der Waals surface area (Å²) in [6, 6.07) is 12.6. The van der Waals surface area contributed by atoms with Crippen LogP contribution in [-0.4, -0.2) is 83.8 Å². The van der Waals surface area contributed by atoms with E-state index in [-0.39, 0.29) is 12.1 Å². The Kier molecular flexibility index (Phi) is 11.7. The average molecular weight is 526 g/mol. The Hall–Kier alpha value is -3.33. The molecule has 3 N–H and O–H groups in total. The molecule has 1 aliphatic heterocycles. The van der Waals surface area contributed by atoms with Gasteiger partial charge in [-0.1, -0.05) is 24.3 Å². The lowest BCUT2D eigenvalue weighted by atomic mass is 10.1. The molecule has 0 fully saturated rings. The number of hydrogen-bond donors (Lipinski definition) is 3. The largest absolute Gasteiger partial charge is 0.492 e. The van der Waals surface area contributed by atoms with Gasteiger partial charge in [0.25, 0.3) is 0 Å². The zero-order valence-corrected chi connectivity index (χ0v) is 23.0. The fraction of sp³-hybridized carbons (Fsp3) is 0.552. The number of pyridine rings is 1. The minimum Gasteiger partial charge on any atom is -0.492 e. The molecule has 1 aromatic carbocycles. The number of rotatable bonds is 15. The van der Waals surface area contributed by atoms with Crippen LogP contribution in [0.1, 0.15) is 50.8 Å². The fourth-order valence-electron chi connectivity index (χ4n) is 4.35. The molecule has 9 nitrogen and oxygen atoms in total. The highest BCUT2D eigenvalue weighted by Gasteiger charge is 2.23. The summed E-state index contributed by atoms with van der Waals surface area (Å²) in [5.41, 5.74) is 2.39. The van der Waals surface area contributed by atoms with Crippen molar-refractivity contribution >= 4 is 17.8 Å². The first-order valence-corrected chi connectivity index (χ1v) is 13.7. The normalized spacial score (nSPS) is 13.5. The van der Waals surface area contributed by atoms with Crippen molar-refractivity contribution in [1.29, 1.82) is 0 Å². The van der Waals surface area contributed by atoms with Gasteiger partial charge in [0.05, 0.1) is 0 Å². The number of aromatic nitrogens is 1. The molecule has 1 aliphatic rings. The number of anilines is 1. The molecule has 9 heteroatoms. The molecule has 3 rings (SSSR count). The number of para-hydroxylation sites is 1. The molecule has 2 aromatic rings. The van der Waals surface area contributed by atoms with E-state index in [0.29, 0.717) is 26.1 Å². The molecule has 2 heterocycles. The topological polar surface area (TPSA) is 107 Å². The van der Waals surface area contributed by atoms with Crippen molar-refractivity contribution in [2.75, 3.05) is 45.2 Å². The minimum absolute atomic E-state index is 0.0172. The molecule has 0 saturated carbocycles. The number of amides is 2. The van der Waals surface area contributed by atoms with Gasteiger partial charge in [0.15, 0.2) is 0 Å². The van der Waals surface area contributed by atoms with Gasteiger partial charge in [0, 0.05) is 38.4 Å². The molecule has 0 bridgehead atoms. The highest BCUT2D eigenvalue weighted by atomic mass is 16.5. The third-order valence-corrected chi connectivity index (χ3v) is 6.95. The van der Waals surface area contributed by atoms with Gasteiger partial charge in [-0.15, -0.1) is 0 Å². The number of fused-ring (bicyclic) bond motifs is 1. The predicted octanol–water partition coefficient (Wildman–Crippen LogP) is 4.04. The number of unbranched alkanes of at least 4 members (excludes halogenated alkanes) is 1. The van der Waals surface area contributed by atoms with Crippen LogP contribution in [0.25, 0.3) is 0 Å². The van der Waals surface area contributed by atoms with Crippen LogP contribution in [0.15, 0.2) is 42.5 Å². The number of nitrogens with one attached hydrogen (secondary N) is 2. The van der Waals surface area contributed by atoms with Gasteiger partial charge in [-0.05, 0) is 82.7 Å². The summed E-state index contributed by atoms with van der Waals surface area (Å²) in [5.74, 6) is 0.813. The number of urea groups is 1. The number of aryl methyl sites for hydroxylation is 2. The van der Waals surface area contributed by atoms with Crippen molar-refractivity contribution in [2.24, 2.45) is 0 Å². The van der Waals surface area contributed by atoms with Crippen LogP contribution in [0.2, 0.25) is 0 Å². The van der Waals surface area contributed by atoms with Crippen molar-refractivity contribution in [2.45, 2.75) is 64.5 Å². The Morgan fingerprint density at radius 2 is 1.89 bits per heavy atom. The van der Waals surface area contributed by atoms with Crippen LogP contribution >= 0.6 is 0 Å². The van der Waals surface area contributed by atoms with E-state index in [1.165, 1.54) is 10.5 Å². The van der Waals surface area contributed by atoms with Crippen LogP contribution in [-0.2, 0) is 17.6 Å². The Morgan fingerprint density at radius 1 is 1.11 bits per heavy atom. The maximum atomic E-state index is 12.4. The van der Waals surface area contributed by atoms with Crippen molar-refractivity contribution in [3.63, 3.8) is 0 Å². The van der Waals surface area contributed by atoms with Crippen LogP contribution < -0.4 is 15.4 Å². The second-order valence-corrected chi connectivity index (χ2v) is 10.1. The molecule has 1 atom stereocenters. The van der Waals surface area contributed by atoms with E-state index >= 15 is 0 Å². The number of carboxylic acids is 1. The number of benzene rings is 1. The van der Waals surface area contributed by atoms with E-state index in [9.17, 15) is 14.7 Å². The molecule has 0 saturated heterocycles. The van der Waals surface area contributed by atoms with Gasteiger partial charge >= 0.3 is 12.0 Å². The lowest BCUT2D eigenvalue weighted by molar-refractivity contribution is -0.139. The number of hydrogen-bond acceptors (Lipinski definition) is 6. The Labute approximate surface area is 226 Å². The van der Waals surface area contributed by atoms with Crippen molar-refractivity contribution in [3.05, 3.63) is 53.7 Å². The molecule has 0 spiro atoms. The molecular formula is C29H43N5O4. The van der Waals surface area contributed by atoms with Crippen molar-refractivity contribution < 1.29 is 19.4 Å². The number of ether oxygens (including phenoxy) is 1. The van der Waals surface area contributed by atoms with Gasteiger partial charge in [-0.2, -0.15) is 0 Å². The maximum absolute atomic E-state index is 12.4. The lowest BCUT2D eigenvalue weighted by Crippen LogP contribution is -2.49. The smallest absolute Gasteiger partial charge is 0.326 e. The second kappa shape index (κ2) is 15.2. The quantitative estimate of drug-likeness (QED) is 0.301. The summed E-state index contributed by atoms with van der Waals surface area (Å²) < 4.78 is 5.89. The summed E-state index contributed by atoms with van der Waals surface area (Å²) in [5, 5.41) is 15.8. The molecule has 2 amide bonds. The Balaban J connectivity index is 1.52. The van der Waals surface area contributed by atoms with Gasteiger partial charge in [-0.25, -0.2) is 14.6 Å². The maximum Gasteiger partial charge on any atom is 0.326 e. The van der Waals surface area contributed by atoms with E-state index < -0.39 is 12.0 Å². The van der Waals surface area contributed by atoms with Crippen molar-refractivity contribution in [1.82, 2.24) is 20.1 Å². The van der Waals surface area contributed by atoms with E-state index in [4.69, 9.17) is 9.72 Å². The number of carboxylic acid groups (broad SMARTS) is 1. The summed E-state index contributed by atoms with van der Waals surface area (Å²) in [7, 11) is 1.67. The standard InChI is InChI=1S/C29H43N5O4/c1-22(2)33(3)29(37)32-26(28(35)36)16-19-34(20-21-38-25-12-5-4-6-13-25)18-8-7-11-24-15-14-23-10-9-17-30-27(23)31-24/h4-6,12-15,22,26H,7-11,16-21H2,1-3H3,(H,30,31)(H,32,37)(H,35,36)/t26-/m0/s1. The van der Waals surface area contributed by atoms with Gasteiger partial charge in [0.1, 0.15) is 24.2 Å². The van der Waals surface area contributed by atoms with E-state index in [1.807, 2.05) is 44.2 Å². The van der Waals surface area contributed by atoms with E-state index in [2.05, 4.69) is 27.7 Å². The van der Waals surface area contributed by atoms with Gasteiger partial charge in [0.2, 0.25) is 0 Å².